The first kappa shape index (κ1) is 9.12. The molecule has 1 aliphatic rings. The quantitative estimate of drug-likeness (QED) is 0.418. The molecule has 0 aliphatic heterocycles. The first-order chi connectivity index (χ1) is 5.20. The fourth-order valence-electron chi connectivity index (χ4n) is 1.55. The molecule has 0 saturated heterocycles. The smallest absolute Gasteiger partial charge is 0.0518 e. The van der Waals surface area contributed by atoms with E-state index < -0.39 is 0 Å². The molecule has 0 amide bonds. The highest BCUT2D eigenvalue weighted by atomic mass is 35.5. The third-order valence-electron chi connectivity index (χ3n) is 2.33. The Labute approximate surface area is 74.6 Å². The molecular weight excluding hydrogens is 156 g/mol. The summed E-state index contributed by atoms with van der Waals surface area (Å²) in [7, 11) is 0. The summed E-state index contributed by atoms with van der Waals surface area (Å²) in [4.78, 5) is 0. The van der Waals surface area contributed by atoms with Crippen molar-refractivity contribution in [3.63, 3.8) is 0 Å². The molecule has 1 rings (SSSR count). The van der Waals surface area contributed by atoms with E-state index in [1.165, 1.54) is 19.3 Å². The van der Waals surface area contributed by atoms with Crippen LogP contribution in [-0.4, -0.2) is 5.38 Å². The van der Waals surface area contributed by atoms with Gasteiger partial charge in [0.1, 0.15) is 0 Å². The van der Waals surface area contributed by atoms with Crippen molar-refractivity contribution in [2.75, 3.05) is 0 Å². The average molecular weight is 173 g/mol. The van der Waals surface area contributed by atoms with Crippen molar-refractivity contribution in [3.05, 3.63) is 11.6 Å². The molecule has 0 aromatic rings. The van der Waals surface area contributed by atoms with E-state index in [4.69, 9.17) is 11.6 Å². The van der Waals surface area contributed by atoms with Gasteiger partial charge in [0.2, 0.25) is 0 Å². The minimum atomic E-state index is 0.301. The average Bonchev–Trinajstić information content (AvgIpc) is 2.13. The van der Waals surface area contributed by atoms with Gasteiger partial charge in [-0.15, -0.1) is 11.6 Å². The Morgan fingerprint density at radius 2 is 2.18 bits per heavy atom. The molecule has 0 heterocycles. The van der Waals surface area contributed by atoms with Gasteiger partial charge in [0, 0.05) is 0 Å². The van der Waals surface area contributed by atoms with Crippen molar-refractivity contribution < 1.29 is 0 Å². The highest BCUT2D eigenvalue weighted by molar-refractivity contribution is 6.21. The van der Waals surface area contributed by atoms with E-state index >= 15 is 0 Å². The molecule has 0 saturated carbocycles. The van der Waals surface area contributed by atoms with E-state index in [1.807, 2.05) is 0 Å². The molecule has 0 bridgehead atoms. The van der Waals surface area contributed by atoms with Gasteiger partial charge in [-0.2, -0.15) is 0 Å². The molecule has 0 N–H and O–H groups in total. The van der Waals surface area contributed by atoms with E-state index in [9.17, 15) is 0 Å². The fraction of sp³-hybridized carbons (Fsp3) is 0.800. The lowest BCUT2D eigenvalue weighted by Gasteiger charge is -2.08. The van der Waals surface area contributed by atoms with Crippen molar-refractivity contribution in [2.24, 2.45) is 5.92 Å². The van der Waals surface area contributed by atoms with Crippen LogP contribution in [0.4, 0.5) is 0 Å². The molecule has 0 aromatic carbocycles. The zero-order valence-electron chi connectivity index (χ0n) is 7.44. The summed E-state index contributed by atoms with van der Waals surface area (Å²) >= 11 is 6.08. The van der Waals surface area contributed by atoms with Gasteiger partial charge in [0.25, 0.3) is 0 Å². The van der Waals surface area contributed by atoms with Crippen LogP contribution in [-0.2, 0) is 0 Å². The van der Waals surface area contributed by atoms with Gasteiger partial charge in [-0.3, -0.25) is 0 Å². The number of hydrogen-bond donors (Lipinski definition) is 0. The Balaban J connectivity index is 2.59. The summed E-state index contributed by atoms with van der Waals surface area (Å²) in [6.45, 7) is 4.50. The van der Waals surface area contributed by atoms with Crippen LogP contribution in [0, 0.1) is 5.92 Å². The van der Waals surface area contributed by atoms with E-state index in [0.29, 0.717) is 11.3 Å². The molecule has 1 heteroatoms. The van der Waals surface area contributed by atoms with Crippen LogP contribution in [0.1, 0.15) is 39.5 Å². The zero-order chi connectivity index (χ0) is 8.27. The monoisotopic (exact) mass is 172 g/mol. The third-order valence-corrected chi connectivity index (χ3v) is 2.68. The summed E-state index contributed by atoms with van der Waals surface area (Å²) in [6.07, 6.45) is 7.31. The Hall–Kier alpha value is 0.0300. The molecule has 0 nitrogen and oxygen atoms in total. The second kappa shape index (κ2) is 4.15. The minimum absolute atomic E-state index is 0.301. The van der Waals surface area contributed by atoms with E-state index in [-0.39, 0.29) is 0 Å². The zero-order valence-corrected chi connectivity index (χ0v) is 8.19. The van der Waals surface area contributed by atoms with Gasteiger partial charge >= 0.3 is 0 Å². The first-order valence-corrected chi connectivity index (χ1v) is 4.98. The van der Waals surface area contributed by atoms with Crippen molar-refractivity contribution in [1.82, 2.24) is 0 Å². The van der Waals surface area contributed by atoms with Crippen LogP contribution in [0.25, 0.3) is 0 Å². The molecule has 1 aliphatic carbocycles. The van der Waals surface area contributed by atoms with Crippen LogP contribution in [0.2, 0.25) is 0 Å². The molecule has 1 unspecified atom stereocenters. The van der Waals surface area contributed by atoms with Crippen molar-refractivity contribution in [2.45, 2.75) is 44.9 Å². The maximum Gasteiger partial charge on any atom is 0.0518 e. The Bertz CT molecular complexity index is 147. The molecule has 1 atom stereocenters. The molecular formula is C10H17Cl. The Morgan fingerprint density at radius 1 is 1.45 bits per heavy atom. The van der Waals surface area contributed by atoms with Gasteiger partial charge in [-0.25, -0.2) is 0 Å². The molecule has 0 radical (unpaired) electrons. The topological polar surface area (TPSA) is 0 Å². The van der Waals surface area contributed by atoms with Crippen molar-refractivity contribution >= 4 is 11.6 Å². The van der Waals surface area contributed by atoms with Gasteiger partial charge < -0.3 is 0 Å². The highest BCUT2D eigenvalue weighted by Crippen LogP contribution is 2.25. The van der Waals surface area contributed by atoms with Crippen molar-refractivity contribution in [3.8, 4) is 0 Å². The Kier molecular flexibility index (Phi) is 3.45. The summed E-state index contributed by atoms with van der Waals surface area (Å²) < 4.78 is 0. The van der Waals surface area contributed by atoms with Crippen molar-refractivity contribution in [1.29, 1.82) is 0 Å². The lowest BCUT2D eigenvalue weighted by Crippen LogP contribution is -1.96. The van der Waals surface area contributed by atoms with Gasteiger partial charge in [0.15, 0.2) is 0 Å². The van der Waals surface area contributed by atoms with Crippen LogP contribution in [0.3, 0.4) is 0 Å². The highest BCUT2D eigenvalue weighted by Gasteiger charge is 2.11. The maximum atomic E-state index is 6.08. The number of rotatable bonds is 1. The van der Waals surface area contributed by atoms with E-state index in [1.54, 1.807) is 5.57 Å². The summed E-state index contributed by atoms with van der Waals surface area (Å²) in [5.74, 6) is 0.689. The largest absolute Gasteiger partial charge is 0.118 e. The normalized spacial score (nSPS) is 26.5. The number of halogens is 1. The number of allylic oxidation sites excluding steroid dienone is 2. The molecule has 0 aromatic heterocycles. The predicted molar refractivity (Wildman–Crippen MR) is 51.0 cm³/mol. The maximum absolute atomic E-state index is 6.08. The second-order valence-corrected chi connectivity index (χ2v) is 4.22. The second-order valence-electron chi connectivity index (χ2n) is 3.66. The summed E-state index contributed by atoms with van der Waals surface area (Å²) in [5, 5.41) is 0.301. The fourth-order valence-corrected chi connectivity index (χ4v) is 1.86. The lowest BCUT2D eigenvalue weighted by atomic mass is 9.99. The number of alkyl halides is 1. The minimum Gasteiger partial charge on any atom is -0.118 e. The third kappa shape index (κ3) is 2.86. The predicted octanol–water partition coefficient (Wildman–Crippen LogP) is 3.75. The first-order valence-electron chi connectivity index (χ1n) is 4.55. The molecule has 11 heavy (non-hydrogen) atoms. The van der Waals surface area contributed by atoms with E-state index in [2.05, 4.69) is 19.9 Å². The Morgan fingerprint density at radius 3 is 2.82 bits per heavy atom. The van der Waals surface area contributed by atoms with Crippen LogP contribution in [0.5, 0.6) is 0 Å². The van der Waals surface area contributed by atoms with Gasteiger partial charge in [-0.1, -0.05) is 31.9 Å². The molecule has 0 spiro atoms. The van der Waals surface area contributed by atoms with Gasteiger partial charge in [-0.05, 0) is 25.2 Å². The van der Waals surface area contributed by atoms with E-state index in [0.717, 1.165) is 6.42 Å². The van der Waals surface area contributed by atoms with Crippen LogP contribution >= 0.6 is 11.6 Å². The standard InChI is InChI=1S/C10H17Cl/c1-8(2)9-5-3-4-6-10(11)7-9/h7-8,10H,3-6H2,1-2H3. The lowest BCUT2D eigenvalue weighted by molar-refractivity contribution is 0.666. The van der Waals surface area contributed by atoms with Crippen LogP contribution < -0.4 is 0 Å². The summed E-state index contributed by atoms with van der Waals surface area (Å²) in [5.41, 5.74) is 1.56. The van der Waals surface area contributed by atoms with Crippen LogP contribution in [0.15, 0.2) is 11.6 Å². The number of hydrogen-bond acceptors (Lipinski definition) is 0. The van der Waals surface area contributed by atoms with Gasteiger partial charge in [0.05, 0.1) is 5.38 Å². The SMILES string of the molecule is CC(C)C1=CC(Cl)CCCC1. The molecule has 64 valence electrons. The molecule has 0 fully saturated rings. The summed E-state index contributed by atoms with van der Waals surface area (Å²) in [6, 6.07) is 0.